The van der Waals surface area contributed by atoms with Crippen molar-refractivity contribution in [3.05, 3.63) is 33.8 Å². The summed E-state index contributed by atoms with van der Waals surface area (Å²) >= 11 is 6.54. The lowest BCUT2D eigenvalue weighted by molar-refractivity contribution is -0.115. The monoisotopic (exact) mass is 304 g/mol. The van der Waals surface area contributed by atoms with Crippen LogP contribution in [0.2, 0.25) is 0 Å². The standard InChI is InChI=1S/C10H10Br2O/c1-7-4-9(12)3-2-8(7)5-10(13)6-11/h2-4H,5-6H2,1H3. The van der Waals surface area contributed by atoms with Crippen molar-refractivity contribution in [3.63, 3.8) is 0 Å². The molecular formula is C10H10Br2O. The van der Waals surface area contributed by atoms with Gasteiger partial charge in [-0.05, 0) is 30.2 Å². The number of aryl methyl sites for hydroxylation is 1. The van der Waals surface area contributed by atoms with Gasteiger partial charge in [0, 0.05) is 10.9 Å². The topological polar surface area (TPSA) is 17.1 Å². The second kappa shape index (κ2) is 4.91. The van der Waals surface area contributed by atoms with Crippen LogP contribution in [0.1, 0.15) is 11.1 Å². The van der Waals surface area contributed by atoms with Crippen LogP contribution in [0.15, 0.2) is 22.7 Å². The van der Waals surface area contributed by atoms with Gasteiger partial charge in [0.2, 0.25) is 0 Å². The number of benzene rings is 1. The summed E-state index contributed by atoms with van der Waals surface area (Å²) in [7, 11) is 0. The van der Waals surface area contributed by atoms with Crippen molar-refractivity contribution < 1.29 is 4.79 Å². The molecule has 13 heavy (non-hydrogen) atoms. The van der Waals surface area contributed by atoms with Crippen molar-refractivity contribution in [2.24, 2.45) is 0 Å². The van der Waals surface area contributed by atoms with Crippen molar-refractivity contribution in [2.75, 3.05) is 5.33 Å². The molecule has 1 aromatic carbocycles. The predicted octanol–water partition coefficient (Wildman–Crippen LogP) is 3.26. The molecule has 0 amide bonds. The van der Waals surface area contributed by atoms with Gasteiger partial charge in [-0.15, -0.1) is 0 Å². The minimum atomic E-state index is 0.213. The first-order chi connectivity index (χ1) is 6.13. The Morgan fingerprint density at radius 1 is 1.46 bits per heavy atom. The van der Waals surface area contributed by atoms with Crippen LogP contribution in [-0.4, -0.2) is 11.1 Å². The fraction of sp³-hybridized carbons (Fsp3) is 0.300. The predicted molar refractivity (Wildman–Crippen MR) is 61.4 cm³/mol. The molecule has 0 aliphatic rings. The van der Waals surface area contributed by atoms with E-state index in [1.165, 1.54) is 0 Å². The number of halogens is 2. The summed E-state index contributed by atoms with van der Waals surface area (Å²) in [5.74, 6) is 0.213. The van der Waals surface area contributed by atoms with Gasteiger partial charge >= 0.3 is 0 Å². The largest absolute Gasteiger partial charge is 0.298 e. The molecule has 1 nitrogen and oxygen atoms in total. The Bertz CT molecular complexity index is 321. The number of alkyl halides is 1. The Balaban J connectivity index is 2.83. The van der Waals surface area contributed by atoms with Crippen LogP contribution < -0.4 is 0 Å². The van der Waals surface area contributed by atoms with Gasteiger partial charge in [-0.25, -0.2) is 0 Å². The van der Waals surface area contributed by atoms with E-state index in [1.54, 1.807) is 0 Å². The zero-order chi connectivity index (χ0) is 9.84. The molecule has 0 unspecified atom stereocenters. The Labute approximate surface area is 94.8 Å². The van der Waals surface area contributed by atoms with Gasteiger partial charge in [-0.2, -0.15) is 0 Å². The highest BCUT2D eigenvalue weighted by Gasteiger charge is 2.04. The van der Waals surface area contributed by atoms with Gasteiger partial charge in [0.05, 0.1) is 5.33 Å². The molecule has 0 aliphatic heterocycles. The highest BCUT2D eigenvalue weighted by molar-refractivity contribution is 9.10. The van der Waals surface area contributed by atoms with E-state index in [1.807, 2.05) is 25.1 Å². The van der Waals surface area contributed by atoms with E-state index in [-0.39, 0.29) is 5.78 Å². The molecule has 1 rings (SSSR count). The first-order valence-corrected chi connectivity index (χ1v) is 5.87. The van der Waals surface area contributed by atoms with E-state index in [2.05, 4.69) is 31.9 Å². The molecular weight excluding hydrogens is 296 g/mol. The molecule has 0 bridgehead atoms. The molecule has 0 N–H and O–H groups in total. The minimum Gasteiger partial charge on any atom is -0.298 e. The van der Waals surface area contributed by atoms with E-state index >= 15 is 0 Å². The molecule has 0 fully saturated rings. The molecule has 0 heterocycles. The van der Waals surface area contributed by atoms with Gasteiger partial charge in [0.1, 0.15) is 5.78 Å². The second-order valence-electron chi connectivity index (χ2n) is 2.92. The first-order valence-electron chi connectivity index (χ1n) is 3.96. The molecule has 1 aromatic rings. The third-order valence-electron chi connectivity index (χ3n) is 1.84. The summed E-state index contributed by atoms with van der Waals surface area (Å²) in [5, 5.41) is 0.433. The Kier molecular flexibility index (Phi) is 4.13. The van der Waals surface area contributed by atoms with E-state index in [9.17, 15) is 4.79 Å². The quantitative estimate of drug-likeness (QED) is 0.783. The molecule has 3 heteroatoms. The van der Waals surface area contributed by atoms with Crippen LogP contribution in [0.3, 0.4) is 0 Å². The van der Waals surface area contributed by atoms with Crippen LogP contribution in [0.5, 0.6) is 0 Å². The van der Waals surface area contributed by atoms with Crippen LogP contribution in [0.4, 0.5) is 0 Å². The maximum absolute atomic E-state index is 11.2. The van der Waals surface area contributed by atoms with Crippen molar-refractivity contribution in [1.82, 2.24) is 0 Å². The highest BCUT2D eigenvalue weighted by atomic mass is 79.9. The number of carbonyl (C=O) groups excluding carboxylic acids is 1. The SMILES string of the molecule is Cc1cc(Br)ccc1CC(=O)CBr. The first kappa shape index (κ1) is 10.9. The maximum Gasteiger partial charge on any atom is 0.147 e. The zero-order valence-corrected chi connectivity index (χ0v) is 10.5. The number of hydrogen-bond acceptors (Lipinski definition) is 1. The van der Waals surface area contributed by atoms with Gasteiger partial charge < -0.3 is 0 Å². The van der Waals surface area contributed by atoms with Gasteiger partial charge in [-0.1, -0.05) is 37.9 Å². The Morgan fingerprint density at radius 2 is 2.15 bits per heavy atom. The maximum atomic E-state index is 11.2. The second-order valence-corrected chi connectivity index (χ2v) is 4.40. The summed E-state index contributed by atoms with van der Waals surface area (Å²) in [6, 6.07) is 5.97. The molecule has 0 radical (unpaired) electrons. The van der Waals surface area contributed by atoms with Gasteiger partial charge in [0.15, 0.2) is 0 Å². The normalized spacial score (nSPS) is 10.1. The Morgan fingerprint density at radius 3 is 2.69 bits per heavy atom. The van der Waals surface area contributed by atoms with Crippen molar-refractivity contribution in [1.29, 1.82) is 0 Å². The molecule has 0 atom stereocenters. The summed E-state index contributed by atoms with van der Waals surface area (Å²) in [5.41, 5.74) is 2.26. The third kappa shape index (κ3) is 3.24. The van der Waals surface area contributed by atoms with Gasteiger partial charge in [-0.3, -0.25) is 4.79 Å². The lowest BCUT2D eigenvalue weighted by atomic mass is 10.0. The van der Waals surface area contributed by atoms with Crippen molar-refractivity contribution in [3.8, 4) is 0 Å². The fourth-order valence-electron chi connectivity index (χ4n) is 1.12. The zero-order valence-electron chi connectivity index (χ0n) is 7.31. The smallest absolute Gasteiger partial charge is 0.147 e. The average molecular weight is 306 g/mol. The van der Waals surface area contributed by atoms with Crippen molar-refractivity contribution in [2.45, 2.75) is 13.3 Å². The Hall–Kier alpha value is -0.150. The van der Waals surface area contributed by atoms with Crippen LogP contribution >= 0.6 is 31.9 Å². The van der Waals surface area contributed by atoms with Crippen LogP contribution in [-0.2, 0) is 11.2 Å². The molecule has 0 aliphatic carbocycles. The van der Waals surface area contributed by atoms with Crippen LogP contribution in [0, 0.1) is 6.92 Å². The number of carbonyl (C=O) groups is 1. The molecule has 0 spiro atoms. The van der Waals surface area contributed by atoms with E-state index < -0.39 is 0 Å². The van der Waals surface area contributed by atoms with Crippen molar-refractivity contribution >= 4 is 37.6 Å². The number of hydrogen-bond donors (Lipinski definition) is 0. The summed E-state index contributed by atoms with van der Waals surface area (Å²) in [4.78, 5) is 11.2. The summed E-state index contributed by atoms with van der Waals surface area (Å²) < 4.78 is 1.06. The molecule has 0 saturated carbocycles. The molecule has 70 valence electrons. The van der Waals surface area contributed by atoms with E-state index in [0.29, 0.717) is 11.8 Å². The average Bonchev–Trinajstić information content (AvgIpc) is 2.09. The van der Waals surface area contributed by atoms with E-state index in [4.69, 9.17) is 0 Å². The number of ketones is 1. The number of rotatable bonds is 3. The lowest BCUT2D eigenvalue weighted by Gasteiger charge is -2.03. The molecule has 0 saturated heterocycles. The fourth-order valence-corrected chi connectivity index (χ4v) is 1.79. The summed E-state index contributed by atoms with van der Waals surface area (Å²) in [6.45, 7) is 2.02. The van der Waals surface area contributed by atoms with Crippen LogP contribution in [0.25, 0.3) is 0 Å². The minimum absolute atomic E-state index is 0.213. The molecule has 0 aromatic heterocycles. The van der Waals surface area contributed by atoms with E-state index in [0.717, 1.165) is 15.6 Å². The highest BCUT2D eigenvalue weighted by Crippen LogP contribution is 2.16. The lowest BCUT2D eigenvalue weighted by Crippen LogP contribution is -2.04. The van der Waals surface area contributed by atoms with Gasteiger partial charge in [0.25, 0.3) is 0 Å². The summed E-state index contributed by atoms with van der Waals surface area (Å²) in [6.07, 6.45) is 0.518. The third-order valence-corrected chi connectivity index (χ3v) is 2.96. The number of Topliss-reactive ketones (excluding diaryl/α,β-unsaturated/α-hetero) is 1.